The van der Waals surface area contributed by atoms with Gasteiger partial charge >= 0.3 is 0 Å². The molecule has 1 rings (SSSR count). The van der Waals surface area contributed by atoms with Crippen molar-refractivity contribution >= 4 is 0 Å². The van der Waals surface area contributed by atoms with Crippen molar-refractivity contribution in [1.29, 1.82) is 0 Å². The minimum Gasteiger partial charge on any atom is -0.313 e. The summed E-state index contributed by atoms with van der Waals surface area (Å²) in [6, 6.07) is 0.644. The van der Waals surface area contributed by atoms with Gasteiger partial charge in [-0.05, 0) is 39.1 Å². The minimum absolute atomic E-state index is 0.644. The van der Waals surface area contributed by atoms with Gasteiger partial charge in [0.05, 0.1) is 0 Å². The molecule has 0 spiro atoms. The Labute approximate surface area is 100 Å². The summed E-state index contributed by atoms with van der Waals surface area (Å²) in [6.45, 7) is 15.2. The van der Waals surface area contributed by atoms with Crippen molar-refractivity contribution in [2.75, 3.05) is 46.3 Å². The highest BCUT2D eigenvalue weighted by atomic mass is 15.2. The third-order valence-corrected chi connectivity index (χ3v) is 3.24. The van der Waals surface area contributed by atoms with Crippen molar-refractivity contribution in [3.63, 3.8) is 0 Å². The number of hydrogen-bond donors (Lipinski definition) is 1. The Hall–Kier alpha value is -0.380. The van der Waals surface area contributed by atoms with Crippen LogP contribution in [-0.2, 0) is 0 Å². The average Bonchev–Trinajstić information content (AvgIpc) is 2.38. The number of nitrogens with zero attached hydrogens (tertiary/aromatic N) is 2. The standard InChI is InChI=1S/C13H27N3/c1-5-14-9-12(2)10-16-8-6-7-15(4)11-13(16)3/h13-14H,2,5-11H2,1,3-4H3. The number of nitrogens with one attached hydrogen (secondary N) is 1. The molecule has 0 bridgehead atoms. The fourth-order valence-corrected chi connectivity index (χ4v) is 2.30. The highest BCUT2D eigenvalue weighted by Crippen LogP contribution is 2.09. The molecule has 1 saturated heterocycles. The molecule has 94 valence electrons. The first-order valence-corrected chi connectivity index (χ1v) is 6.43. The second kappa shape index (κ2) is 7.05. The summed E-state index contributed by atoms with van der Waals surface area (Å²) < 4.78 is 0. The first kappa shape index (κ1) is 13.7. The van der Waals surface area contributed by atoms with E-state index in [4.69, 9.17) is 0 Å². The molecule has 1 aliphatic rings. The molecule has 1 atom stereocenters. The van der Waals surface area contributed by atoms with Gasteiger partial charge in [-0.25, -0.2) is 0 Å². The number of likely N-dealkylation sites (N-methyl/N-ethyl adjacent to an activating group) is 2. The Balaban J connectivity index is 2.36. The summed E-state index contributed by atoms with van der Waals surface area (Å²) in [7, 11) is 2.22. The van der Waals surface area contributed by atoms with Crippen LogP contribution >= 0.6 is 0 Å². The Morgan fingerprint density at radius 1 is 1.44 bits per heavy atom. The van der Waals surface area contributed by atoms with Crippen LogP contribution in [0.1, 0.15) is 20.3 Å². The maximum Gasteiger partial charge on any atom is 0.0206 e. The van der Waals surface area contributed by atoms with Crippen molar-refractivity contribution in [3.05, 3.63) is 12.2 Å². The molecule has 3 heteroatoms. The van der Waals surface area contributed by atoms with E-state index in [0.717, 1.165) is 19.6 Å². The lowest BCUT2D eigenvalue weighted by Gasteiger charge is -2.28. The Morgan fingerprint density at radius 3 is 2.88 bits per heavy atom. The summed E-state index contributed by atoms with van der Waals surface area (Å²) in [5.74, 6) is 0. The van der Waals surface area contributed by atoms with Gasteiger partial charge in [-0.15, -0.1) is 0 Å². The van der Waals surface area contributed by atoms with Crippen molar-refractivity contribution < 1.29 is 0 Å². The summed E-state index contributed by atoms with van der Waals surface area (Å²) in [5.41, 5.74) is 1.30. The molecule has 0 aliphatic carbocycles. The van der Waals surface area contributed by atoms with Gasteiger partial charge in [-0.1, -0.05) is 13.5 Å². The van der Waals surface area contributed by atoms with E-state index in [-0.39, 0.29) is 0 Å². The summed E-state index contributed by atoms with van der Waals surface area (Å²) in [6.07, 6.45) is 1.27. The third kappa shape index (κ3) is 4.64. The maximum atomic E-state index is 4.15. The van der Waals surface area contributed by atoms with Gasteiger partial charge < -0.3 is 10.2 Å². The highest BCUT2D eigenvalue weighted by molar-refractivity contribution is 5.00. The van der Waals surface area contributed by atoms with Crippen LogP contribution in [0.25, 0.3) is 0 Å². The molecule has 0 aromatic heterocycles. The molecule has 3 nitrogen and oxygen atoms in total. The normalized spacial score (nSPS) is 24.3. The minimum atomic E-state index is 0.644. The lowest BCUT2D eigenvalue weighted by Crippen LogP contribution is -2.39. The van der Waals surface area contributed by atoms with Crippen LogP contribution in [0.5, 0.6) is 0 Å². The molecule has 1 fully saturated rings. The van der Waals surface area contributed by atoms with Gasteiger partial charge in [-0.2, -0.15) is 0 Å². The van der Waals surface area contributed by atoms with E-state index >= 15 is 0 Å². The van der Waals surface area contributed by atoms with Crippen LogP contribution in [0.3, 0.4) is 0 Å². The molecular formula is C13H27N3. The lowest BCUT2D eigenvalue weighted by atomic mass is 10.2. The van der Waals surface area contributed by atoms with Gasteiger partial charge in [-0.3, -0.25) is 4.90 Å². The average molecular weight is 225 g/mol. The van der Waals surface area contributed by atoms with Crippen LogP contribution < -0.4 is 5.32 Å². The fraction of sp³-hybridized carbons (Fsp3) is 0.846. The fourth-order valence-electron chi connectivity index (χ4n) is 2.30. The largest absolute Gasteiger partial charge is 0.313 e. The zero-order valence-electron chi connectivity index (χ0n) is 11.1. The van der Waals surface area contributed by atoms with E-state index in [1.165, 1.54) is 31.6 Å². The molecule has 0 radical (unpaired) electrons. The summed E-state index contributed by atoms with van der Waals surface area (Å²) in [5, 5.41) is 3.34. The summed E-state index contributed by atoms with van der Waals surface area (Å²) >= 11 is 0. The van der Waals surface area contributed by atoms with Gasteiger partial charge in [0.25, 0.3) is 0 Å². The Kier molecular flexibility index (Phi) is 6.03. The van der Waals surface area contributed by atoms with Crippen LogP contribution in [-0.4, -0.2) is 62.2 Å². The van der Waals surface area contributed by atoms with Gasteiger partial charge in [0, 0.05) is 32.2 Å². The first-order valence-electron chi connectivity index (χ1n) is 6.43. The van der Waals surface area contributed by atoms with Crippen molar-refractivity contribution in [3.8, 4) is 0 Å². The monoisotopic (exact) mass is 225 g/mol. The van der Waals surface area contributed by atoms with Crippen molar-refractivity contribution in [2.45, 2.75) is 26.3 Å². The topological polar surface area (TPSA) is 18.5 Å². The van der Waals surface area contributed by atoms with Crippen molar-refractivity contribution in [1.82, 2.24) is 15.1 Å². The molecule has 16 heavy (non-hydrogen) atoms. The molecule has 1 aliphatic heterocycles. The van der Waals surface area contributed by atoms with E-state index in [0.29, 0.717) is 6.04 Å². The van der Waals surface area contributed by atoms with E-state index in [2.05, 4.69) is 42.6 Å². The molecule has 0 amide bonds. The number of hydrogen-bond acceptors (Lipinski definition) is 3. The third-order valence-electron chi connectivity index (χ3n) is 3.24. The van der Waals surface area contributed by atoms with E-state index < -0.39 is 0 Å². The van der Waals surface area contributed by atoms with E-state index in [1.54, 1.807) is 0 Å². The second-order valence-electron chi connectivity index (χ2n) is 4.97. The van der Waals surface area contributed by atoms with E-state index in [9.17, 15) is 0 Å². The van der Waals surface area contributed by atoms with Crippen LogP contribution in [0, 0.1) is 0 Å². The highest BCUT2D eigenvalue weighted by Gasteiger charge is 2.19. The zero-order valence-corrected chi connectivity index (χ0v) is 11.1. The second-order valence-corrected chi connectivity index (χ2v) is 4.97. The smallest absolute Gasteiger partial charge is 0.0206 e. The van der Waals surface area contributed by atoms with Gasteiger partial charge in [0.15, 0.2) is 0 Å². The zero-order chi connectivity index (χ0) is 12.0. The predicted molar refractivity (Wildman–Crippen MR) is 70.8 cm³/mol. The Bertz CT molecular complexity index is 215. The first-order chi connectivity index (χ1) is 7.63. The molecule has 0 saturated carbocycles. The lowest BCUT2D eigenvalue weighted by molar-refractivity contribution is 0.216. The van der Waals surface area contributed by atoms with Gasteiger partial charge in [0.2, 0.25) is 0 Å². The molecule has 1 N–H and O–H groups in total. The SMILES string of the molecule is C=C(CNCC)CN1CCCN(C)CC1C. The Morgan fingerprint density at radius 2 is 2.19 bits per heavy atom. The predicted octanol–water partition coefficient (Wildman–Crippen LogP) is 1.18. The molecule has 1 heterocycles. The molecule has 0 aromatic rings. The number of rotatable bonds is 5. The van der Waals surface area contributed by atoms with E-state index in [1.807, 2.05) is 0 Å². The van der Waals surface area contributed by atoms with Crippen LogP contribution in [0.4, 0.5) is 0 Å². The summed E-state index contributed by atoms with van der Waals surface area (Å²) in [4.78, 5) is 4.99. The maximum absolute atomic E-state index is 4.15. The quantitative estimate of drug-likeness (QED) is 0.709. The molecular weight excluding hydrogens is 198 g/mol. The van der Waals surface area contributed by atoms with Gasteiger partial charge in [0.1, 0.15) is 0 Å². The van der Waals surface area contributed by atoms with Crippen LogP contribution in [0.2, 0.25) is 0 Å². The molecule has 0 aromatic carbocycles. The van der Waals surface area contributed by atoms with Crippen LogP contribution in [0.15, 0.2) is 12.2 Å². The molecule has 1 unspecified atom stereocenters. The van der Waals surface area contributed by atoms with Crippen molar-refractivity contribution in [2.24, 2.45) is 0 Å².